The van der Waals surface area contributed by atoms with Crippen LogP contribution in [-0.4, -0.2) is 48.5 Å². The van der Waals surface area contributed by atoms with E-state index in [-0.39, 0.29) is 6.10 Å². The lowest BCUT2D eigenvalue weighted by molar-refractivity contribution is -0.0610. The number of nitrogens with zero attached hydrogens (tertiary/aromatic N) is 1. The SMILES string of the molecule is CCOC1CN(C[C@H](C)O)C1. The average Bonchev–Trinajstić information content (AvgIpc) is 1.82. The van der Waals surface area contributed by atoms with E-state index in [0.717, 1.165) is 26.2 Å². The van der Waals surface area contributed by atoms with Crippen molar-refractivity contribution in [2.24, 2.45) is 0 Å². The fraction of sp³-hybridized carbons (Fsp3) is 1.00. The summed E-state index contributed by atoms with van der Waals surface area (Å²) in [5, 5.41) is 9.02. The molecule has 66 valence electrons. The smallest absolute Gasteiger partial charge is 0.0828 e. The molecule has 0 amide bonds. The molecule has 0 saturated carbocycles. The van der Waals surface area contributed by atoms with Crippen LogP contribution in [0.3, 0.4) is 0 Å². The molecule has 3 heteroatoms. The van der Waals surface area contributed by atoms with Crippen LogP contribution in [0.4, 0.5) is 0 Å². The lowest BCUT2D eigenvalue weighted by Crippen LogP contribution is -2.54. The first kappa shape index (κ1) is 8.97. The normalized spacial score (nSPS) is 23.2. The van der Waals surface area contributed by atoms with Crippen molar-refractivity contribution in [2.45, 2.75) is 26.1 Å². The van der Waals surface area contributed by atoms with Gasteiger partial charge in [0.15, 0.2) is 0 Å². The van der Waals surface area contributed by atoms with Crippen LogP contribution in [0, 0.1) is 0 Å². The zero-order valence-electron chi connectivity index (χ0n) is 7.29. The lowest BCUT2D eigenvalue weighted by atomic mass is 10.1. The van der Waals surface area contributed by atoms with Crippen molar-refractivity contribution in [3.63, 3.8) is 0 Å². The van der Waals surface area contributed by atoms with Crippen LogP contribution in [0.5, 0.6) is 0 Å². The molecule has 1 atom stereocenters. The highest BCUT2D eigenvalue weighted by molar-refractivity contribution is 4.81. The number of aliphatic hydroxyl groups excluding tert-OH is 1. The van der Waals surface area contributed by atoms with Gasteiger partial charge in [-0.2, -0.15) is 0 Å². The van der Waals surface area contributed by atoms with Gasteiger partial charge in [-0.1, -0.05) is 0 Å². The molecule has 3 nitrogen and oxygen atoms in total. The molecule has 0 bridgehead atoms. The van der Waals surface area contributed by atoms with Gasteiger partial charge in [-0.25, -0.2) is 0 Å². The van der Waals surface area contributed by atoms with E-state index in [1.807, 2.05) is 13.8 Å². The molecule has 1 saturated heterocycles. The highest BCUT2D eigenvalue weighted by atomic mass is 16.5. The predicted molar refractivity (Wildman–Crippen MR) is 43.5 cm³/mol. The Balaban J connectivity index is 2.00. The minimum atomic E-state index is -0.211. The molecule has 0 spiro atoms. The number of ether oxygens (including phenoxy) is 1. The maximum Gasteiger partial charge on any atom is 0.0828 e. The van der Waals surface area contributed by atoms with Gasteiger partial charge >= 0.3 is 0 Å². The first-order chi connectivity index (χ1) is 5.22. The summed E-state index contributed by atoms with van der Waals surface area (Å²) in [7, 11) is 0. The number of hydrogen-bond acceptors (Lipinski definition) is 3. The molecule has 1 N–H and O–H groups in total. The van der Waals surface area contributed by atoms with E-state index in [2.05, 4.69) is 4.90 Å². The standard InChI is InChI=1S/C8H17NO2/c1-3-11-8-5-9(6-8)4-7(2)10/h7-8,10H,3-6H2,1-2H3/t7-/m0/s1. The van der Waals surface area contributed by atoms with Gasteiger partial charge in [-0.15, -0.1) is 0 Å². The van der Waals surface area contributed by atoms with E-state index in [1.54, 1.807) is 0 Å². The molecule has 1 aliphatic heterocycles. The summed E-state index contributed by atoms with van der Waals surface area (Å²) in [4.78, 5) is 2.20. The zero-order chi connectivity index (χ0) is 8.27. The molecule has 0 aliphatic carbocycles. The van der Waals surface area contributed by atoms with Crippen LogP contribution in [-0.2, 0) is 4.74 Å². The summed E-state index contributed by atoms with van der Waals surface area (Å²) in [5.74, 6) is 0. The summed E-state index contributed by atoms with van der Waals surface area (Å²) in [6.07, 6.45) is 0.205. The topological polar surface area (TPSA) is 32.7 Å². The monoisotopic (exact) mass is 159 g/mol. The first-order valence-corrected chi connectivity index (χ1v) is 4.24. The van der Waals surface area contributed by atoms with E-state index in [9.17, 15) is 0 Å². The van der Waals surface area contributed by atoms with Gasteiger partial charge in [-0.3, -0.25) is 4.90 Å². The molecule has 11 heavy (non-hydrogen) atoms. The first-order valence-electron chi connectivity index (χ1n) is 4.24. The molecule has 0 unspecified atom stereocenters. The Morgan fingerprint density at radius 2 is 2.27 bits per heavy atom. The van der Waals surface area contributed by atoms with Gasteiger partial charge in [0.05, 0.1) is 12.2 Å². The van der Waals surface area contributed by atoms with E-state index in [1.165, 1.54) is 0 Å². The van der Waals surface area contributed by atoms with Crippen molar-refractivity contribution in [1.29, 1.82) is 0 Å². The second-order valence-corrected chi connectivity index (χ2v) is 3.14. The highest BCUT2D eigenvalue weighted by Crippen LogP contribution is 2.11. The average molecular weight is 159 g/mol. The van der Waals surface area contributed by atoms with Crippen molar-refractivity contribution < 1.29 is 9.84 Å². The van der Waals surface area contributed by atoms with Crippen molar-refractivity contribution in [1.82, 2.24) is 4.90 Å². The Kier molecular flexibility index (Phi) is 3.30. The Morgan fingerprint density at radius 3 is 2.73 bits per heavy atom. The number of rotatable bonds is 4. The van der Waals surface area contributed by atoms with Crippen molar-refractivity contribution >= 4 is 0 Å². The Labute approximate surface area is 68.0 Å². The summed E-state index contributed by atoms with van der Waals surface area (Å²) in [6, 6.07) is 0. The van der Waals surface area contributed by atoms with Crippen LogP contribution in [0.15, 0.2) is 0 Å². The van der Waals surface area contributed by atoms with Crippen LogP contribution >= 0.6 is 0 Å². The second kappa shape index (κ2) is 4.04. The predicted octanol–water partition coefficient (Wildman–Crippen LogP) is 0.0879. The van der Waals surface area contributed by atoms with Crippen molar-refractivity contribution in [3.05, 3.63) is 0 Å². The lowest BCUT2D eigenvalue weighted by Gasteiger charge is -2.39. The second-order valence-electron chi connectivity index (χ2n) is 3.14. The number of hydrogen-bond donors (Lipinski definition) is 1. The van der Waals surface area contributed by atoms with Crippen LogP contribution in [0.25, 0.3) is 0 Å². The molecule has 0 radical (unpaired) electrons. The molecule has 1 aliphatic rings. The third-order valence-corrected chi connectivity index (χ3v) is 1.85. The van der Waals surface area contributed by atoms with E-state index >= 15 is 0 Å². The minimum Gasteiger partial charge on any atom is -0.392 e. The Morgan fingerprint density at radius 1 is 1.64 bits per heavy atom. The summed E-state index contributed by atoms with van der Waals surface area (Å²) < 4.78 is 5.37. The summed E-state index contributed by atoms with van der Waals surface area (Å²) in [6.45, 7) is 7.37. The molecular formula is C8H17NO2. The van der Waals surface area contributed by atoms with Crippen molar-refractivity contribution in [2.75, 3.05) is 26.2 Å². The number of aliphatic hydroxyl groups is 1. The van der Waals surface area contributed by atoms with Crippen LogP contribution in [0.1, 0.15) is 13.8 Å². The fourth-order valence-corrected chi connectivity index (χ4v) is 1.39. The van der Waals surface area contributed by atoms with Crippen LogP contribution < -0.4 is 0 Å². The highest BCUT2D eigenvalue weighted by Gasteiger charge is 2.27. The van der Waals surface area contributed by atoms with Crippen molar-refractivity contribution in [3.8, 4) is 0 Å². The largest absolute Gasteiger partial charge is 0.392 e. The summed E-state index contributed by atoms with van der Waals surface area (Å²) in [5.41, 5.74) is 0. The van der Waals surface area contributed by atoms with Gasteiger partial charge in [0.25, 0.3) is 0 Å². The van der Waals surface area contributed by atoms with Gasteiger partial charge in [0, 0.05) is 26.2 Å². The summed E-state index contributed by atoms with van der Waals surface area (Å²) >= 11 is 0. The van der Waals surface area contributed by atoms with Gasteiger partial charge in [-0.05, 0) is 13.8 Å². The minimum absolute atomic E-state index is 0.211. The molecule has 1 heterocycles. The van der Waals surface area contributed by atoms with E-state index in [0.29, 0.717) is 6.10 Å². The quantitative estimate of drug-likeness (QED) is 0.631. The molecule has 0 aromatic carbocycles. The van der Waals surface area contributed by atoms with Gasteiger partial charge in [0.1, 0.15) is 0 Å². The van der Waals surface area contributed by atoms with Crippen LogP contribution in [0.2, 0.25) is 0 Å². The van der Waals surface area contributed by atoms with E-state index in [4.69, 9.17) is 9.84 Å². The molecular weight excluding hydrogens is 142 g/mol. The Bertz CT molecular complexity index is 111. The van der Waals surface area contributed by atoms with Gasteiger partial charge in [0.2, 0.25) is 0 Å². The fourth-order valence-electron chi connectivity index (χ4n) is 1.39. The number of β-amino-alcohol motifs (C(OH)–C–C–N with tert-alkyl or cyclic N) is 1. The molecule has 0 aromatic heterocycles. The number of likely N-dealkylation sites (tertiary alicyclic amines) is 1. The zero-order valence-corrected chi connectivity index (χ0v) is 7.29. The Hall–Kier alpha value is -0.120. The molecule has 1 fully saturated rings. The molecule has 1 rings (SSSR count). The molecule has 0 aromatic rings. The third-order valence-electron chi connectivity index (χ3n) is 1.85. The maximum absolute atomic E-state index is 9.02. The van der Waals surface area contributed by atoms with Gasteiger partial charge < -0.3 is 9.84 Å². The maximum atomic E-state index is 9.02. The van der Waals surface area contributed by atoms with E-state index < -0.39 is 0 Å². The third kappa shape index (κ3) is 2.77.